The van der Waals surface area contributed by atoms with Crippen LogP contribution in [0.3, 0.4) is 0 Å². The minimum atomic E-state index is -0.923. The molecule has 0 saturated carbocycles. The number of ether oxygens (including phenoxy) is 4. The molecule has 2 aliphatic carbocycles. The number of nitrogens with one attached hydrogen (secondary N) is 1. The van der Waals surface area contributed by atoms with E-state index in [-0.39, 0.29) is 66.8 Å². The van der Waals surface area contributed by atoms with Crippen molar-refractivity contribution in [1.29, 1.82) is 0 Å². The zero-order valence-electron chi connectivity index (χ0n) is 21.2. The number of rotatable bonds is 10. The first-order valence-corrected chi connectivity index (χ1v) is 11.7. The maximum absolute atomic E-state index is 12.9. The molecule has 0 fully saturated rings. The summed E-state index contributed by atoms with van der Waals surface area (Å²) in [7, 11) is 4.30. The number of hydrogen-bond donors (Lipinski definition) is 1. The van der Waals surface area contributed by atoms with Crippen molar-refractivity contribution in [3.63, 3.8) is 0 Å². The predicted octanol–water partition coefficient (Wildman–Crippen LogP) is 2.55. The Bertz CT molecular complexity index is 1140. The van der Waals surface area contributed by atoms with Gasteiger partial charge in [0.1, 0.15) is 0 Å². The second-order valence-electron chi connectivity index (χ2n) is 8.55. The molecule has 0 spiro atoms. The van der Waals surface area contributed by atoms with Gasteiger partial charge in [-0.25, -0.2) is 0 Å². The lowest BCUT2D eigenvalue weighted by Crippen LogP contribution is -2.40. The van der Waals surface area contributed by atoms with Gasteiger partial charge in [-0.05, 0) is 42.5 Å². The average Bonchev–Trinajstić information content (AvgIpc) is 3.09. The molecule has 1 N–H and O–H groups in total. The van der Waals surface area contributed by atoms with Crippen molar-refractivity contribution in [2.75, 3.05) is 27.9 Å². The van der Waals surface area contributed by atoms with Gasteiger partial charge in [0.25, 0.3) is 5.09 Å². The summed E-state index contributed by atoms with van der Waals surface area (Å²) in [5.41, 5.74) is 2.23. The van der Waals surface area contributed by atoms with Gasteiger partial charge in [-0.15, -0.1) is 10.1 Å². The maximum atomic E-state index is 12.9. The smallest absolute Gasteiger partial charge is 0.311 e. The molecule has 1 unspecified atom stereocenters. The molecule has 1 aromatic carbocycles. The van der Waals surface area contributed by atoms with Gasteiger partial charge in [-0.1, -0.05) is 6.08 Å². The Kier molecular flexibility index (Phi) is 9.10. The van der Waals surface area contributed by atoms with Crippen LogP contribution in [0.2, 0.25) is 0 Å². The minimum Gasteiger partial charge on any atom is -0.493 e. The first-order valence-electron chi connectivity index (χ1n) is 11.7. The number of carbonyl (C=O) groups excluding carboxylic acids is 3. The molecule has 37 heavy (non-hydrogen) atoms. The molecule has 2 aliphatic rings. The molecule has 3 rings (SSSR count). The highest BCUT2D eigenvalue weighted by molar-refractivity contribution is 5.97. The molecule has 200 valence electrons. The number of Topliss-reactive ketones (excluding diaryl/α,β-unsaturated/α-hetero) is 1. The van der Waals surface area contributed by atoms with Gasteiger partial charge in [0.2, 0.25) is 11.7 Å². The van der Waals surface area contributed by atoms with Crippen LogP contribution in [0.5, 0.6) is 17.2 Å². The Balaban J connectivity index is 2.05. The Morgan fingerprint density at radius 2 is 1.86 bits per heavy atom. The number of amides is 1. The van der Waals surface area contributed by atoms with Crippen LogP contribution in [0.1, 0.15) is 43.7 Å². The zero-order chi connectivity index (χ0) is 27.1. The van der Waals surface area contributed by atoms with Crippen LogP contribution >= 0.6 is 0 Å². The monoisotopic (exact) mass is 518 g/mol. The fourth-order valence-electron chi connectivity index (χ4n) is 4.72. The van der Waals surface area contributed by atoms with Gasteiger partial charge in [0.15, 0.2) is 23.0 Å². The Morgan fingerprint density at radius 3 is 2.49 bits per heavy atom. The molecule has 1 amide bonds. The van der Waals surface area contributed by atoms with Crippen LogP contribution in [0.15, 0.2) is 24.0 Å². The largest absolute Gasteiger partial charge is 0.493 e. The second kappa shape index (κ2) is 12.2. The van der Waals surface area contributed by atoms with Gasteiger partial charge in [-0.3, -0.25) is 14.4 Å². The summed E-state index contributed by atoms with van der Waals surface area (Å²) in [5.74, 6) is -0.548. The molecule has 2 atom stereocenters. The molecule has 1 aromatic rings. The number of benzene rings is 1. The molecular formula is C25H30N2O10. The summed E-state index contributed by atoms with van der Waals surface area (Å²) in [5, 5.41) is 12.3. The normalized spacial score (nSPS) is 18.5. The van der Waals surface area contributed by atoms with Crippen LogP contribution in [0.4, 0.5) is 0 Å². The van der Waals surface area contributed by atoms with Gasteiger partial charge in [0, 0.05) is 37.3 Å². The molecule has 12 nitrogen and oxygen atoms in total. The van der Waals surface area contributed by atoms with Crippen LogP contribution in [-0.2, 0) is 30.4 Å². The molecule has 0 aliphatic heterocycles. The van der Waals surface area contributed by atoms with Gasteiger partial charge in [0.05, 0.1) is 27.9 Å². The third-order valence-electron chi connectivity index (χ3n) is 6.24. The first kappa shape index (κ1) is 27.5. The Labute approximate surface area is 213 Å². The number of carbonyl (C=O) groups is 3. The van der Waals surface area contributed by atoms with E-state index in [1.807, 2.05) is 0 Å². The fraction of sp³-hybridized carbons (Fsp3) is 0.480. The number of aryl methyl sites for hydroxylation is 1. The van der Waals surface area contributed by atoms with Gasteiger partial charge < -0.3 is 29.1 Å². The first-order chi connectivity index (χ1) is 17.7. The summed E-state index contributed by atoms with van der Waals surface area (Å²) < 4.78 is 22.1. The lowest BCUT2D eigenvalue weighted by Gasteiger charge is -2.27. The number of allylic oxidation sites excluding steroid dienone is 3. The van der Waals surface area contributed by atoms with E-state index in [2.05, 4.69) is 10.2 Å². The van der Waals surface area contributed by atoms with Crippen LogP contribution in [0.25, 0.3) is 5.57 Å². The third-order valence-corrected chi connectivity index (χ3v) is 6.24. The quantitative estimate of drug-likeness (QED) is 0.161. The predicted molar refractivity (Wildman–Crippen MR) is 129 cm³/mol. The molecular weight excluding hydrogens is 488 g/mol. The molecule has 0 saturated heterocycles. The lowest BCUT2D eigenvalue weighted by molar-refractivity contribution is -0.757. The van der Waals surface area contributed by atoms with E-state index >= 15 is 0 Å². The van der Waals surface area contributed by atoms with E-state index in [0.717, 1.165) is 11.1 Å². The number of nitrogens with zero attached hydrogens (tertiary/aromatic N) is 1. The van der Waals surface area contributed by atoms with Crippen molar-refractivity contribution in [2.45, 2.75) is 45.1 Å². The number of fused-ring (bicyclic) bond motifs is 3. The van der Waals surface area contributed by atoms with Gasteiger partial charge in [-0.2, -0.15) is 0 Å². The van der Waals surface area contributed by atoms with Gasteiger partial charge >= 0.3 is 5.97 Å². The number of methoxy groups -OCH3 is 3. The maximum Gasteiger partial charge on any atom is 0.311 e. The second-order valence-corrected chi connectivity index (χ2v) is 8.55. The van der Waals surface area contributed by atoms with E-state index in [0.29, 0.717) is 24.2 Å². The third kappa shape index (κ3) is 6.38. The summed E-state index contributed by atoms with van der Waals surface area (Å²) in [6.45, 7) is 1.19. The van der Waals surface area contributed by atoms with E-state index in [4.69, 9.17) is 18.9 Å². The van der Waals surface area contributed by atoms with Crippen molar-refractivity contribution in [3.8, 4) is 17.2 Å². The van der Waals surface area contributed by atoms with Crippen molar-refractivity contribution in [2.24, 2.45) is 5.92 Å². The highest BCUT2D eigenvalue weighted by Crippen LogP contribution is 2.50. The lowest BCUT2D eigenvalue weighted by atomic mass is 9.83. The highest BCUT2D eigenvalue weighted by atomic mass is 16.9. The number of esters is 1. The summed E-state index contributed by atoms with van der Waals surface area (Å²) in [6, 6.07) is 1.34. The van der Waals surface area contributed by atoms with E-state index in [1.54, 1.807) is 18.2 Å². The summed E-state index contributed by atoms with van der Waals surface area (Å²) >= 11 is 0. The Hall–Kier alpha value is -4.09. The topological polar surface area (TPSA) is 153 Å². The molecule has 0 bridgehead atoms. The SMILES string of the molecule is COC1=CC=C2c3c(cc(OC(=O)CCCO[N+](=O)[O-])c(OC)c3OC)CC[C@H](NC(C)=O)C2CC1=O. The van der Waals surface area contributed by atoms with Crippen molar-refractivity contribution in [3.05, 3.63) is 45.2 Å². The molecule has 0 heterocycles. The summed E-state index contributed by atoms with van der Waals surface area (Å²) in [6.07, 6.45) is 4.50. The van der Waals surface area contributed by atoms with Crippen molar-refractivity contribution >= 4 is 23.2 Å². The van der Waals surface area contributed by atoms with E-state index < -0.39 is 11.1 Å². The Morgan fingerprint density at radius 1 is 1.14 bits per heavy atom. The zero-order valence-corrected chi connectivity index (χ0v) is 21.2. The van der Waals surface area contributed by atoms with Crippen LogP contribution < -0.4 is 19.5 Å². The minimum absolute atomic E-state index is 0.0966. The van der Waals surface area contributed by atoms with E-state index in [1.165, 1.54) is 28.3 Å². The standard InChI is InChI=1S/C25H30N2O10/c1-14(28)26-18-9-7-15-12-21(37-22(30)6-5-11-36-27(31)32)24(34-3)25(35-4)23(15)16-8-10-20(33-2)19(29)13-17(16)18/h8,10,12,17-18H,5-7,9,11,13H2,1-4H3,(H,26,28)/t17?,18-/m0/s1. The fourth-order valence-corrected chi connectivity index (χ4v) is 4.72. The molecule has 0 radical (unpaired) electrons. The van der Waals surface area contributed by atoms with Crippen molar-refractivity contribution in [1.82, 2.24) is 5.32 Å². The van der Waals surface area contributed by atoms with Crippen LogP contribution in [-0.4, -0.2) is 56.7 Å². The molecule has 0 aromatic heterocycles. The number of ketones is 1. The van der Waals surface area contributed by atoms with Crippen LogP contribution in [0, 0.1) is 16.0 Å². The molecule has 12 heteroatoms. The van der Waals surface area contributed by atoms with Crippen molar-refractivity contribution < 1.29 is 43.3 Å². The summed E-state index contributed by atoms with van der Waals surface area (Å²) in [4.78, 5) is 51.8. The highest BCUT2D eigenvalue weighted by Gasteiger charge is 2.37. The average molecular weight is 519 g/mol. The number of hydrogen-bond acceptors (Lipinski definition) is 10. The van der Waals surface area contributed by atoms with E-state index in [9.17, 15) is 24.5 Å².